The molecule has 1 saturated carbocycles. The molecule has 1 fully saturated rings. The highest BCUT2D eigenvalue weighted by molar-refractivity contribution is 6.08. The number of rotatable bonds is 5. The molecule has 2 nitrogen and oxygen atoms in total. The van der Waals surface area contributed by atoms with Crippen LogP contribution in [-0.4, -0.2) is 0 Å². The fourth-order valence-electron chi connectivity index (χ4n) is 13.2. The molecule has 4 aliphatic rings. The molecule has 0 saturated heterocycles. The zero-order valence-corrected chi connectivity index (χ0v) is 37.4. The van der Waals surface area contributed by atoms with Crippen LogP contribution in [0.25, 0.3) is 66.4 Å². The molecule has 9 aromatic carbocycles. The maximum atomic E-state index is 6.68. The molecule has 0 bridgehead atoms. The highest BCUT2D eigenvalue weighted by Crippen LogP contribution is 2.65. The van der Waals surface area contributed by atoms with Gasteiger partial charge in [0.2, 0.25) is 0 Å². The number of hydrogen-bond acceptors (Lipinski definition) is 2. The Hall–Kier alpha value is -7.42. The number of anilines is 3. The minimum atomic E-state index is -0.440. The van der Waals surface area contributed by atoms with E-state index in [1.165, 1.54) is 138 Å². The quantitative estimate of drug-likeness (QED) is 0.172. The number of benzene rings is 9. The van der Waals surface area contributed by atoms with Crippen LogP contribution >= 0.6 is 0 Å². The van der Waals surface area contributed by atoms with Crippen LogP contribution in [0.3, 0.4) is 0 Å². The van der Waals surface area contributed by atoms with Gasteiger partial charge in [-0.2, -0.15) is 0 Å². The van der Waals surface area contributed by atoms with Crippen molar-refractivity contribution in [2.24, 2.45) is 0 Å². The molecular formula is C64H49NO. The Bertz CT molecular complexity index is 3570. The normalized spacial score (nSPS) is 15.9. The Morgan fingerprint density at radius 2 is 0.970 bits per heavy atom. The summed E-state index contributed by atoms with van der Waals surface area (Å²) >= 11 is 0. The van der Waals surface area contributed by atoms with Crippen LogP contribution in [0.2, 0.25) is 0 Å². The highest BCUT2D eigenvalue weighted by Gasteiger charge is 2.52. The minimum Gasteiger partial charge on any atom is -0.456 e. The van der Waals surface area contributed by atoms with Gasteiger partial charge < -0.3 is 9.32 Å². The zero-order chi connectivity index (χ0) is 43.7. The summed E-state index contributed by atoms with van der Waals surface area (Å²) in [7, 11) is 0. The molecule has 0 atom stereocenters. The van der Waals surface area contributed by atoms with Crippen LogP contribution in [0, 0.1) is 0 Å². The number of para-hydroxylation sites is 1. The lowest BCUT2D eigenvalue weighted by molar-refractivity contribution is 0.442. The van der Waals surface area contributed by atoms with Gasteiger partial charge >= 0.3 is 0 Å². The molecule has 0 aliphatic heterocycles. The lowest BCUT2D eigenvalue weighted by atomic mass is 9.70. The molecule has 0 unspecified atom stereocenters. The van der Waals surface area contributed by atoms with Crippen molar-refractivity contribution in [1.29, 1.82) is 0 Å². The van der Waals surface area contributed by atoms with Gasteiger partial charge in [0, 0.05) is 33.0 Å². The van der Waals surface area contributed by atoms with Crippen LogP contribution in [0.1, 0.15) is 90.8 Å². The second-order valence-corrected chi connectivity index (χ2v) is 19.7. The smallest absolute Gasteiger partial charge is 0.138 e. The van der Waals surface area contributed by atoms with Gasteiger partial charge in [-0.15, -0.1) is 0 Å². The summed E-state index contributed by atoms with van der Waals surface area (Å²) in [6.07, 6.45) is 6.46. The first-order valence-electron chi connectivity index (χ1n) is 24.0. The van der Waals surface area contributed by atoms with Gasteiger partial charge in [0.1, 0.15) is 11.2 Å². The molecule has 1 heterocycles. The van der Waals surface area contributed by atoms with Crippen molar-refractivity contribution in [3.63, 3.8) is 0 Å². The first-order chi connectivity index (χ1) is 32.5. The number of hydrogen-bond donors (Lipinski definition) is 0. The first-order valence-corrected chi connectivity index (χ1v) is 24.0. The SMILES string of the molecule is CC1(C)c2ccccc2-c2c(N(c3ccc(-c4ccc5oc6c(C7CCCCC7)cccc6c5c4)cc3)c3cccc4c3-c3ccccc3C43c4ccccc4-c4ccccc43)cccc21. The van der Waals surface area contributed by atoms with Gasteiger partial charge in [-0.05, 0) is 127 Å². The standard InChI is InChI=1S/C64H49NO/c1-63(2)51-25-10-8-21-48(51)60-55(63)29-15-31-57(60)65(43-36-33-40(34-37-43)42-35-38-59-50(39-42)47-24-14-23-44(62(47)66-59)41-17-4-3-5-18-41)58-32-16-30-56-61(58)49-22-9-13-28-54(49)64(56)52-26-11-6-19-45(52)46-20-7-12-27-53(46)64/h6-16,19-39,41H,3-5,17-18H2,1-2H3. The lowest BCUT2D eigenvalue weighted by Crippen LogP contribution is -2.26. The predicted octanol–water partition coefficient (Wildman–Crippen LogP) is 17.4. The second kappa shape index (κ2) is 14.0. The summed E-state index contributed by atoms with van der Waals surface area (Å²) < 4.78 is 6.68. The maximum Gasteiger partial charge on any atom is 0.138 e. The molecule has 0 amide bonds. The third kappa shape index (κ3) is 5.08. The van der Waals surface area contributed by atoms with Gasteiger partial charge in [-0.25, -0.2) is 0 Å². The van der Waals surface area contributed by atoms with Crippen LogP contribution in [0.15, 0.2) is 199 Å². The molecule has 0 radical (unpaired) electrons. The van der Waals surface area contributed by atoms with Crippen molar-refractivity contribution in [2.75, 3.05) is 4.90 Å². The summed E-state index contributed by atoms with van der Waals surface area (Å²) in [5.41, 5.74) is 24.7. The Morgan fingerprint density at radius 3 is 1.65 bits per heavy atom. The monoisotopic (exact) mass is 847 g/mol. The second-order valence-electron chi connectivity index (χ2n) is 19.7. The highest BCUT2D eigenvalue weighted by atomic mass is 16.3. The molecule has 316 valence electrons. The Kier molecular flexibility index (Phi) is 8.06. The minimum absolute atomic E-state index is 0.142. The Balaban J connectivity index is 0.976. The zero-order valence-electron chi connectivity index (χ0n) is 37.4. The molecule has 1 aromatic heterocycles. The largest absolute Gasteiger partial charge is 0.456 e. The van der Waals surface area contributed by atoms with Crippen molar-refractivity contribution in [1.82, 2.24) is 0 Å². The molecule has 1 spiro atoms. The van der Waals surface area contributed by atoms with E-state index in [0.717, 1.165) is 16.9 Å². The van der Waals surface area contributed by atoms with E-state index in [-0.39, 0.29) is 5.41 Å². The fourth-order valence-corrected chi connectivity index (χ4v) is 13.2. The van der Waals surface area contributed by atoms with E-state index in [2.05, 4.69) is 213 Å². The summed E-state index contributed by atoms with van der Waals surface area (Å²) in [4.78, 5) is 2.57. The average Bonchev–Trinajstić information content (AvgIpc) is 4.07. The number of nitrogens with zero attached hydrogens (tertiary/aromatic N) is 1. The first kappa shape index (κ1) is 37.9. The Labute approximate surface area is 386 Å². The molecule has 0 N–H and O–H groups in total. The van der Waals surface area contributed by atoms with Crippen LogP contribution in [0.5, 0.6) is 0 Å². The molecule has 4 aliphatic carbocycles. The fraction of sp³-hybridized carbons (Fsp3) is 0.156. The third-order valence-electron chi connectivity index (χ3n) is 16.1. The van der Waals surface area contributed by atoms with E-state index >= 15 is 0 Å². The third-order valence-corrected chi connectivity index (χ3v) is 16.1. The van der Waals surface area contributed by atoms with Crippen molar-refractivity contribution >= 4 is 39.0 Å². The number of fused-ring (bicyclic) bond motifs is 16. The average molecular weight is 848 g/mol. The predicted molar refractivity (Wildman–Crippen MR) is 274 cm³/mol. The topological polar surface area (TPSA) is 16.4 Å². The van der Waals surface area contributed by atoms with Crippen molar-refractivity contribution in [3.05, 3.63) is 233 Å². The maximum absolute atomic E-state index is 6.68. The summed E-state index contributed by atoms with van der Waals surface area (Å²) in [6.45, 7) is 4.76. The molecule has 14 rings (SSSR count). The van der Waals surface area contributed by atoms with Gasteiger partial charge in [-0.1, -0.05) is 191 Å². The summed E-state index contributed by atoms with van der Waals surface area (Å²) in [5.74, 6) is 0.581. The molecular weight excluding hydrogens is 799 g/mol. The van der Waals surface area contributed by atoms with Crippen molar-refractivity contribution < 1.29 is 4.42 Å². The van der Waals surface area contributed by atoms with Gasteiger partial charge in [0.15, 0.2) is 0 Å². The van der Waals surface area contributed by atoms with Crippen molar-refractivity contribution in [2.45, 2.75) is 62.7 Å². The van der Waals surface area contributed by atoms with Crippen LogP contribution < -0.4 is 4.90 Å². The van der Waals surface area contributed by atoms with E-state index in [1.54, 1.807) is 0 Å². The summed E-state index contributed by atoms with van der Waals surface area (Å²) in [5, 5.41) is 2.41. The van der Waals surface area contributed by atoms with Crippen molar-refractivity contribution in [3.8, 4) is 44.5 Å². The number of furan rings is 1. The molecule has 66 heavy (non-hydrogen) atoms. The summed E-state index contributed by atoms with van der Waals surface area (Å²) in [6, 6.07) is 73.4. The molecule has 10 aromatic rings. The lowest BCUT2D eigenvalue weighted by Gasteiger charge is -2.32. The van der Waals surface area contributed by atoms with E-state index in [1.807, 2.05) is 0 Å². The van der Waals surface area contributed by atoms with E-state index < -0.39 is 5.41 Å². The van der Waals surface area contributed by atoms with Gasteiger partial charge in [-0.3, -0.25) is 0 Å². The molecule has 2 heteroatoms. The van der Waals surface area contributed by atoms with E-state index in [4.69, 9.17) is 4.42 Å². The van der Waals surface area contributed by atoms with Gasteiger partial charge in [0.05, 0.1) is 16.8 Å². The Morgan fingerprint density at radius 1 is 0.439 bits per heavy atom. The van der Waals surface area contributed by atoms with Crippen LogP contribution in [0.4, 0.5) is 17.1 Å². The van der Waals surface area contributed by atoms with Crippen LogP contribution in [-0.2, 0) is 10.8 Å². The van der Waals surface area contributed by atoms with E-state index in [0.29, 0.717) is 5.92 Å². The van der Waals surface area contributed by atoms with E-state index in [9.17, 15) is 0 Å². The van der Waals surface area contributed by atoms with Gasteiger partial charge in [0.25, 0.3) is 0 Å².